The number of carbonyl (C=O) groups is 1. The predicted octanol–water partition coefficient (Wildman–Crippen LogP) is 3.28. The van der Waals surface area contributed by atoms with Crippen LogP contribution in [0.25, 0.3) is 5.57 Å². The zero-order valence-electron chi connectivity index (χ0n) is 12.7. The molecule has 0 saturated carbocycles. The van der Waals surface area contributed by atoms with Crippen molar-refractivity contribution in [2.45, 2.75) is 39.2 Å². The maximum atomic E-state index is 12.5. The lowest BCUT2D eigenvalue weighted by atomic mass is 9.89. The summed E-state index contributed by atoms with van der Waals surface area (Å²) >= 11 is 1.80. The summed E-state index contributed by atoms with van der Waals surface area (Å²) in [5.74, 6) is 1.97. The van der Waals surface area contributed by atoms with Gasteiger partial charge in [-0.1, -0.05) is 17.7 Å². The molecule has 3 rings (SSSR count). The maximum Gasteiger partial charge on any atom is 0.256 e. The molecule has 3 nitrogen and oxygen atoms in total. The number of amides is 1. The van der Waals surface area contributed by atoms with Crippen molar-refractivity contribution in [1.82, 2.24) is 5.32 Å². The SMILES string of the molecule is Cc1cc(C)c(C2=C(O)C3(CCCSC3)NC2=O)c(C)c1. The van der Waals surface area contributed by atoms with Crippen LogP contribution in [0.15, 0.2) is 17.9 Å². The van der Waals surface area contributed by atoms with Crippen molar-refractivity contribution in [1.29, 1.82) is 0 Å². The molecule has 1 amide bonds. The van der Waals surface area contributed by atoms with E-state index in [1.54, 1.807) is 11.8 Å². The van der Waals surface area contributed by atoms with Crippen LogP contribution < -0.4 is 5.32 Å². The molecule has 2 aliphatic rings. The first-order valence-corrected chi connectivity index (χ1v) is 8.52. The molecule has 21 heavy (non-hydrogen) atoms. The van der Waals surface area contributed by atoms with Crippen molar-refractivity contribution >= 4 is 23.2 Å². The highest BCUT2D eigenvalue weighted by Gasteiger charge is 2.47. The smallest absolute Gasteiger partial charge is 0.256 e. The van der Waals surface area contributed by atoms with E-state index in [1.807, 2.05) is 20.8 Å². The van der Waals surface area contributed by atoms with E-state index in [9.17, 15) is 9.90 Å². The first kappa shape index (κ1) is 14.5. The van der Waals surface area contributed by atoms with E-state index in [0.717, 1.165) is 41.0 Å². The molecule has 1 unspecified atom stereocenters. The van der Waals surface area contributed by atoms with E-state index in [0.29, 0.717) is 5.57 Å². The molecule has 1 spiro atoms. The third-order valence-corrected chi connectivity index (χ3v) is 5.71. The molecule has 0 radical (unpaired) electrons. The Morgan fingerprint density at radius 1 is 1.24 bits per heavy atom. The molecule has 0 aromatic heterocycles. The van der Waals surface area contributed by atoms with Gasteiger partial charge in [0.1, 0.15) is 11.3 Å². The van der Waals surface area contributed by atoms with Crippen molar-refractivity contribution in [2.24, 2.45) is 0 Å². The van der Waals surface area contributed by atoms with Crippen LogP contribution in [0.1, 0.15) is 35.1 Å². The minimum Gasteiger partial charge on any atom is -0.509 e. The second kappa shape index (κ2) is 5.09. The molecule has 0 bridgehead atoms. The van der Waals surface area contributed by atoms with Crippen molar-refractivity contribution < 1.29 is 9.90 Å². The van der Waals surface area contributed by atoms with Crippen LogP contribution >= 0.6 is 11.8 Å². The minimum atomic E-state index is -0.543. The number of aryl methyl sites for hydroxylation is 3. The lowest BCUT2D eigenvalue weighted by Gasteiger charge is -2.32. The van der Waals surface area contributed by atoms with E-state index in [1.165, 1.54) is 5.56 Å². The molecule has 112 valence electrons. The van der Waals surface area contributed by atoms with Crippen molar-refractivity contribution in [3.05, 3.63) is 40.1 Å². The Labute approximate surface area is 129 Å². The highest BCUT2D eigenvalue weighted by Crippen LogP contribution is 2.41. The first-order valence-electron chi connectivity index (χ1n) is 7.37. The van der Waals surface area contributed by atoms with Crippen LogP contribution in [-0.2, 0) is 4.79 Å². The molecular weight excluding hydrogens is 282 g/mol. The number of aliphatic hydroxyl groups excluding tert-OH is 1. The highest BCUT2D eigenvalue weighted by atomic mass is 32.2. The second-order valence-electron chi connectivity index (χ2n) is 6.19. The molecule has 1 atom stereocenters. The van der Waals surface area contributed by atoms with Crippen LogP contribution in [-0.4, -0.2) is 28.1 Å². The summed E-state index contributed by atoms with van der Waals surface area (Å²) in [5, 5.41) is 13.8. The van der Waals surface area contributed by atoms with Gasteiger partial charge in [-0.3, -0.25) is 4.79 Å². The quantitative estimate of drug-likeness (QED) is 0.837. The summed E-state index contributed by atoms with van der Waals surface area (Å²) in [7, 11) is 0. The van der Waals surface area contributed by atoms with Gasteiger partial charge >= 0.3 is 0 Å². The van der Waals surface area contributed by atoms with Gasteiger partial charge in [-0.25, -0.2) is 0 Å². The monoisotopic (exact) mass is 303 g/mol. The Balaban J connectivity index is 2.15. The molecule has 1 aromatic carbocycles. The lowest BCUT2D eigenvalue weighted by molar-refractivity contribution is -0.116. The van der Waals surface area contributed by atoms with Gasteiger partial charge in [0.25, 0.3) is 5.91 Å². The van der Waals surface area contributed by atoms with E-state index in [2.05, 4.69) is 17.4 Å². The van der Waals surface area contributed by atoms with Crippen molar-refractivity contribution in [3.63, 3.8) is 0 Å². The third-order valence-electron chi connectivity index (χ3n) is 4.44. The van der Waals surface area contributed by atoms with Crippen LogP contribution in [0.4, 0.5) is 0 Å². The molecule has 2 heterocycles. The summed E-state index contributed by atoms with van der Waals surface area (Å²) in [5.41, 5.74) is 4.10. The van der Waals surface area contributed by atoms with Crippen LogP contribution in [0.3, 0.4) is 0 Å². The van der Waals surface area contributed by atoms with Gasteiger partial charge in [-0.15, -0.1) is 0 Å². The number of aliphatic hydroxyl groups is 1. The van der Waals surface area contributed by atoms with E-state index >= 15 is 0 Å². The third kappa shape index (κ3) is 2.26. The topological polar surface area (TPSA) is 49.3 Å². The second-order valence-corrected chi connectivity index (χ2v) is 7.29. The number of carbonyl (C=O) groups excluding carboxylic acids is 1. The highest BCUT2D eigenvalue weighted by molar-refractivity contribution is 7.99. The number of nitrogens with one attached hydrogen (secondary N) is 1. The van der Waals surface area contributed by atoms with Crippen LogP contribution in [0.2, 0.25) is 0 Å². The summed E-state index contributed by atoms with van der Waals surface area (Å²) < 4.78 is 0. The van der Waals surface area contributed by atoms with Gasteiger partial charge < -0.3 is 10.4 Å². The standard InChI is InChI=1S/C17H21NO2S/c1-10-7-11(2)13(12(3)8-10)14-15(19)17(18-16(14)20)5-4-6-21-9-17/h7-8,19H,4-6,9H2,1-3H3,(H,18,20). The largest absolute Gasteiger partial charge is 0.509 e. The number of benzene rings is 1. The Bertz CT molecular complexity index is 619. The van der Waals surface area contributed by atoms with Crippen molar-refractivity contribution in [3.8, 4) is 0 Å². The minimum absolute atomic E-state index is 0.134. The predicted molar refractivity (Wildman–Crippen MR) is 87.6 cm³/mol. The molecule has 2 aliphatic heterocycles. The zero-order valence-corrected chi connectivity index (χ0v) is 13.6. The Kier molecular flexibility index (Phi) is 3.52. The zero-order chi connectivity index (χ0) is 15.2. The fraction of sp³-hybridized carbons (Fsp3) is 0.471. The number of rotatable bonds is 1. The number of thioether (sulfide) groups is 1. The molecular formula is C17H21NO2S. The normalized spacial score (nSPS) is 25.6. The average molecular weight is 303 g/mol. The molecule has 1 aromatic rings. The Morgan fingerprint density at radius 3 is 2.48 bits per heavy atom. The van der Waals surface area contributed by atoms with E-state index in [-0.39, 0.29) is 11.7 Å². The van der Waals surface area contributed by atoms with Gasteiger partial charge in [0.05, 0.1) is 5.57 Å². The molecule has 1 fully saturated rings. The van der Waals surface area contributed by atoms with Crippen molar-refractivity contribution in [2.75, 3.05) is 11.5 Å². The summed E-state index contributed by atoms with van der Waals surface area (Å²) in [4.78, 5) is 12.5. The van der Waals surface area contributed by atoms with Crippen LogP contribution in [0.5, 0.6) is 0 Å². The molecule has 2 N–H and O–H groups in total. The van der Waals surface area contributed by atoms with Gasteiger partial charge in [-0.05, 0) is 56.1 Å². The summed E-state index contributed by atoms with van der Waals surface area (Å²) in [6.45, 7) is 6.05. The number of hydrogen-bond acceptors (Lipinski definition) is 3. The van der Waals surface area contributed by atoms with Gasteiger partial charge in [0.15, 0.2) is 0 Å². The summed E-state index contributed by atoms with van der Waals surface area (Å²) in [6.07, 6.45) is 1.85. The van der Waals surface area contributed by atoms with Crippen LogP contribution in [0, 0.1) is 20.8 Å². The van der Waals surface area contributed by atoms with Gasteiger partial charge in [-0.2, -0.15) is 11.8 Å². The molecule has 4 heteroatoms. The lowest BCUT2D eigenvalue weighted by Crippen LogP contribution is -2.48. The molecule has 1 saturated heterocycles. The fourth-order valence-electron chi connectivity index (χ4n) is 3.57. The van der Waals surface area contributed by atoms with E-state index in [4.69, 9.17) is 0 Å². The summed E-state index contributed by atoms with van der Waals surface area (Å²) in [6, 6.07) is 4.13. The fourth-order valence-corrected chi connectivity index (χ4v) is 4.77. The van der Waals surface area contributed by atoms with E-state index < -0.39 is 5.54 Å². The van der Waals surface area contributed by atoms with Gasteiger partial charge in [0, 0.05) is 5.75 Å². The maximum absolute atomic E-state index is 12.5. The molecule has 0 aliphatic carbocycles. The Morgan fingerprint density at radius 2 is 1.90 bits per heavy atom. The number of hydrogen-bond donors (Lipinski definition) is 2. The Hall–Kier alpha value is -1.42. The van der Waals surface area contributed by atoms with Gasteiger partial charge in [0.2, 0.25) is 0 Å². The first-order chi connectivity index (χ1) is 9.94. The average Bonchev–Trinajstić information content (AvgIpc) is 2.63.